The van der Waals surface area contributed by atoms with Crippen molar-refractivity contribution in [1.29, 1.82) is 0 Å². The smallest absolute Gasteiger partial charge is 0.251 e. The molecule has 2 rings (SSSR count). The summed E-state index contributed by atoms with van der Waals surface area (Å²) in [6.07, 6.45) is 0. The Morgan fingerprint density at radius 1 is 1.08 bits per heavy atom. The topological polar surface area (TPSA) is 76.0 Å². The lowest BCUT2D eigenvalue weighted by Crippen LogP contribution is -2.42. The molecule has 2 N–H and O–H groups in total. The van der Waals surface area contributed by atoms with Crippen LogP contribution >= 0.6 is 0 Å². The van der Waals surface area contributed by atoms with Crippen LogP contribution in [0.4, 0.5) is 0 Å². The van der Waals surface area contributed by atoms with Crippen molar-refractivity contribution in [3.8, 4) is 0 Å². The monoisotopic (exact) mass is 342 g/mol. The maximum Gasteiger partial charge on any atom is 0.251 e. The Bertz CT molecular complexity index is 759. The number of hydrogen-bond acceptors (Lipinski definition) is 3. The van der Waals surface area contributed by atoms with Crippen LogP contribution in [0.15, 0.2) is 24.3 Å². The second kappa shape index (κ2) is 7.96. The highest BCUT2D eigenvalue weighted by Gasteiger charge is 2.12. The second-order valence-corrected chi connectivity index (χ2v) is 6.64. The molecular weight excluding hydrogens is 316 g/mol. The average molecular weight is 342 g/mol. The Morgan fingerprint density at radius 3 is 2.28 bits per heavy atom. The molecule has 1 aromatic carbocycles. The zero-order chi connectivity index (χ0) is 18.6. The van der Waals surface area contributed by atoms with Crippen molar-refractivity contribution in [2.75, 3.05) is 6.54 Å². The van der Waals surface area contributed by atoms with Gasteiger partial charge in [-0.05, 0) is 52.8 Å². The summed E-state index contributed by atoms with van der Waals surface area (Å²) in [5, 5.41) is 9.93. The van der Waals surface area contributed by atoms with Crippen LogP contribution in [0.1, 0.15) is 39.8 Å². The molecule has 0 spiro atoms. The number of aromatic nitrogens is 2. The van der Waals surface area contributed by atoms with Crippen LogP contribution < -0.4 is 10.6 Å². The summed E-state index contributed by atoms with van der Waals surface area (Å²) in [6, 6.07) is 7.55. The number of aryl methyl sites for hydroxylation is 4. The predicted octanol–water partition coefficient (Wildman–Crippen LogP) is 2.05. The second-order valence-electron chi connectivity index (χ2n) is 6.64. The lowest BCUT2D eigenvalue weighted by Gasteiger charge is -2.15. The Morgan fingerprint density at radius 2 is 1.72 bits per heavy atom. The maximum atomic E-state index is 12.2. The molecule has 25 heavy (non-hydrogen) atoms. The third-order valence-electron chi connectivity index (χ3n) is 3.85. The maximum absolute atomic E-state index is 12.2. The van der Waals surface area contributed by atoms with Crippen molar-refractivity contribution < 1.29 is 9.59 Å². The molecule has 6 heteroatoms. The number of nitrogens with one attached hydrogen (secondary N) is 2. The summed E-state index contributed by atoms with van der Waals surface area (Å²) in [6.45, 7) is 10.3. The first-order valence-electron chi connectivity index (χ1n) is 8.41. The first-order chi connectivity index (χ1) is 11.7. The summed E-state index contributed by atoms with van der Waals surface area (Å²) in [5.74, 6) is -0.458. The number of carbonyl (C=O) groups is 2. The van der Waals surface area contributed by atoms with Crippen LogP contribution in [0.3, 0.4) is 0 Å². The highest BCUT2D eigenvalue weighted by Crippen LogP contribution is 2.08. The summed E-state index contributed by atoms with van der Waals surface area (Å²) in [7, 11) is 0. The third-order valence-corrected chi connectivity index (χ3v) is 3.85. The predicted molar refractivity (Wildman–Crippen MR) is 97.6 cm³/mol. The van der Waals surface area contributed by atoms with Gasteiger partial charge < -0.3 is 10.6 Å². The molecule has 1 heterocycles. The molecule has 0 unspecified atom stereocenters. The molecule has 0 saturated carbocycles. The highest BCUT2D eigenvalue weighted by atomic mass is 16.2. The lowest BCUT2D eigenvalue weighted by atomic mass is 10.1. The molecule has 134 valence electrons. The molecular formula is C19H26N4O2. The van der Waals surface area contributed by atoms with Crippen molar-refractivity contribution in [3.05, 3.63) is 52.3 Å². The van der Waals surface area contributed by atoms with E-state index in [-0.39, 0.29) is 24.4 Å². The van der Waals surface area contributed by atoms with E-state index < -0.39 is 0 Å². The number of nitrogens with zero attached hydrogens (tertiary/aromatic N) is 2. The molecule has 1 aromatic heterocycles. The van der Waals surface area contributed by atoms with Crippen molar-refractivity contribution in [1.82, 2.24) is 20.4 Å². The SMILES string of the molecule is Cc1cc(C)cc(C(=O)NCC(=O)N[C@@H](C)Cn2nc(C)cc2C)c1. The van der Waals surface area contributed by atoms with Crippen LogP contribution in [0.25, 0.3) is 0 Å². The van der Waals surface area contributed by atoms with Crippen molar-refractivity contribution in [2.24, 2.45) is 0 Å². The van der Waals surface area contributed by atoms with E-state index in [0.29, 0.717) is 12.1 Å². The molecule has 2 amide bonds. The number of carbonyl (C=O) groups excluding carboxylic acids is 2. The number of amides is 2. The zero-order valence-electron chi connectivity index (χ0n) is 15.5. The van der Waals surface area contributed by atoms with Gasteiger partial charge in [-0.1, -0.05) is 17.2 Å². The fourth-order valence-corrected chi connectivity index (χ4v) is 2.86. The van der Waals surface area contributed by atoms with Gasteiger partial charge in [0.1, 0.15) is 0 Å². The van der Waals surface area contributed by atoms with Crippen molar-refractivity contribution >= 4 is 11.8 Å². The summed E-state index contributed by atoms with van der Waals surface area (Å²) < 4.78 is 1.87. The number of hydrogen-bond donors (Lipinski definition) is 2. The molecule has 1 atom stereocenters. The van der Waals surface area contributed by atoms with Crippen molar-refractivity contribution in [2.45, 2.75) is 47.2 Å². The quantitative estimate of drug-likeness (QED) is 0.843. The van der Waals surface area contributed by atoms with Gasteiger partial charge in [-0.3, -0.25) is 14.3 Å². The molecule has 0 aliphatic heterocycles. The van der Waals surface area contributed by atoms with E-state index in [9.17, 15) is 9.59 Å². The van der Waals surface area contributed by atoms with E-state index in [1.807, 2.05) is 63.6 Å². The summed E-state index contributed by atoms with van der Waals surface area (Å²) >= 11 is 0. The molecule has 0 radical (unpaired) electrons. The zero-order valence-corrected chi connectivity index (χ0v) is 15.5. The van der Waals surface area contributed by atoms with Crippen LogP contribution in [-0.2, 0) is 11.3 Å². The standard InChI is InChI=1S/C19H26N4O2/c1-12-6-13(2)8-17(7-12)19(25)20-10-18(24)21-15(4)11-23-16(5)9-14(3)22-23/h6-9,15H,10-11H2,1-5H3,(H,20,25)(H,21,24)/t15-/m0/s1. The van der Waals surface area contributed by atoms with Gasteiger partial charge in [0.2, 0.25) is 5.91 Å². The molecule has 0 saturated heterocycles. The first-order valence-corrected chi connectivity index (χ1v) is 8.41. The minimum absolute atomic E-state index is 0.0483. The van der Waals surface area contributed by atoms with Crippen LogP contribution in [0.5, 0.6) is 0 Å². The van der Waals surface area contributed by atoms with E-state index in [1.165, 1.54) is 0 Å². The average Bonchev–Trinajstić information content (AvgIpc) is 2.81. The molecule has 0 aliphatic carbocycles. The largest absolute Gasteiger partial charge is 0.350 e. The van der Waals surface area contributed by atoms with Crippen LogP contribution in [0.2, 0.25) is 0 Å². The van der Waals surface area contributed by atoms with Crippen molar-refractivity contribution in [3.63, 3.8) is 0 Å². The fourth-order valence-electron chi connectivity index (χ4n) is 2.86. The van der Waals surface area contributed by atoms with Gasteiger partial charge in [0, 0.05) is 17.3 Å². The van der Waals surface area contributed by atoms with E-state index in [4.69, 9.17) is 0 Å². The molecule has 6 nitrogen and oxygen atoms in total. The Hall–Kier alpha value is -2.63. The summed E-state index contributed by atoms with van der Waals surface area (Å²) in [4.78, 5) is 24.2. The fraction of sp³-hybridized carbons (Fsp3) is 0.421. The van der Waals surface area contributed by atoms with Crippen LogP contribution in [0, 0.1) is 27.7 Å². The van der Waals surface area contributed by atoms with Gasteiger partial charge in [0.15, 0.2) is 0 Å². The normalized spacial score (nSPS) is 11.9. The number of benzene rings is 1. The van der Waals surface area contributed by atoms with E-state index in [1.54, 1.807) is 0 Å². The van der Waals surface area contributed by atoms with Gasteiger partial charge in [-0.2, -0.15) is 5.10 Å². The van der Waals surface area contributed by atoms with Gasteiger partial charge in [-0.15, -0.1) is 0 Å². The molecule has 0 bridgehead atoms. The number of rotatable bonds is 6. The Labute approximate surface area is 148 Å². The van der Waals surface area contributed by atoms with Gasteiger partial charge in [-0.25, -0.2) is 0 Å². The molecule has 2 aromatic rings. The third kappa shape index (κ3) is 5.45. The minimum atomic E-state index is -0.242. The lowest BCUT2D eigenvalue weighted by molar-refractivity contribution is -0.120. The highest BCUT2D eigenvalue weighted by molar-refractivity contribution is 5.96. The molecule has 0 aliphatic rings. The summed E-state index contributed by atoms with van der Waals surface area (Å²) in [5.41, 5.74) is 4.63. The Balaban J connectivity index is 1.83. The van der Waals surface area contributed by atoms with Gasteiger partial charge >= 0.3 is 0 Å². The van der Waals surface area contributed by atoms with E-state index >= 15 is 0 Å². The first kappa shape index (κ1) is 18.7. The molecule has 0 fully saturated rings. The van der Waals surface area contributed by atoms with Gasteiger partial charge in [0.05, 0.1) is 18.8 Å². The van der Waals surface area contributed by atoms with Gasteiger partial charge in [0.25, 0.3) is 5.91 Å². The van der Waals surface area contributed by atoms with Crippen LogP contribution in [-0.4, -0.2) is 34.2 Å². The Kier molecular flexibility index (Phi) is 5.96. The van der Waals surface area contributed by atoms with E-state index in [0.717, 1.165) is 22.5 Å². The minimum Gasteiger partial charge on any atom is -0.350 e. The van der Waals surface area contributed by atoms with E-state index in [2.05, 4.69) is 15.7 Å².